The lowest BCUT2D eigenvalue weighted by Gasteiger charge is -2.15. The molecule has 2 aromatic rings. The Labute approximate surface area is 111 Å². The Hall–Kier alpha value is -2.01. The third kappa shape index (κ3) is 3.06. The number of hydrogen-bond donors (Lipinski definition) is 1. The predicted octanol–water partition coefficient (Wildman–Crippen LogP) is 2.12. The Kier molecular flexibility index (Phi) is 4.06. The molecule has 0 bridgehead atoms. The van der Waals surface area contributed by atoms with Gasteiger partial charge in [-0.2, -0.15) is 0 Å². The zero-order valence-corrected chi connectivity index (χ0v) is 11.2. The van der Waals surface area contributed by atoms with E-state index in [1.165, 1.54) is 0 Å². The molecule has 1 amide bonds. The summed E-state index contributed by atoms with van der Waals surface area (Å²) < 4.78 is 10.7. The van der Waals surface area contributed by atoms with Crippen molar-refractivity contribution >= 4 is 22.6 Å². The summed E-state index contributed by atoms with van der Waals surface area (Å²) in [5, 5.41) is 0.835. The van der Waals surface area contributed by atoms with Gasteiger partial charge in [0.05, 0.1) is 6.61 Å². The Balaban J connectivity index is 2.12. The number of nitrogens with two attached hydrogens (primary N) is 1. The van der Waals surface area contributed by atoms with Gasteiger partial charge in [-0.1, -0.05) is 0 Å². The first-order valence-corrected chi connectivity index (χ1v) is 6.24. The van der Waals surface area contributed by atoms with Crippen LogP contribution in [0.5, 0.6) is 0 Å². The van der Waals surface area contributed by atoms with Crippen molar-refractivity contribution in [2.45, 2.75) is 6.92 Å². The summed E-state index contributed by atoms with van der Waals surface area (Å²) in [6.07, 6.45) is 0. The zero-order valence-electron chi connectivity index (χ0n) is 11.2. The average Bonchev–Trinajstić information content (AvgIpc) is 2.80. The SMILES string of the molecule is CCOCCN(C)C(=O)c1cc2cc(N)ccc2o1. The number of anilines is 1. The minimum Gasteiger partial charge on any atom is -0.451 e. The van der Waals surface area contributed by atoms with Crippen molar-refractivity contribution in [1.82, 2.24) is 4.90 Å². The quantitative estimate of drug-likeness (QED) is 0.662. The Morgan fingerprint density at radius 3 is 2.95 bits per heavy atom. The summed E-state index contributed by atoms with van der Waals surface area (Å²) in [5.74, 6) is 0.161. The number of carbonyl (C=O) groups is 1. The van der Waals surface area contributed by atoms with Crippen LogP contribution in [0.4, 0.5) is 5.69 Å². The van der Waals surface area contributed by atoms with Gasteiger partial charge in [0.25, 0.3) is 5.91 Å². The maximum absolute atomic E-state index is 12.1. The largest absolute Gasteiger partial charge is 0.451 e. The summed E-state index contributed by atoms with van der Waals surface area (Å²) in [6.45, 7) is 3.62. The molecule has 0 radical (unpaired) electrons. The minimum atomic E-state index is -0.158. The van der Waals surface area contributed by atoms with E-state index in [4.69, 9.17) is 14.9 Å². The lowest BCUT2D eigenvalue weighted by molar-refractivity contribution is 0.0683. The molecule has 5 nitrogen and oxygen atoms in total. The van der Waals surface area contributed by atoms with Crippen LogP contribution in [0.2, 0.25) is 0 Å². The Bertz CT molecular complexity index is 577. The van der Waals surface area contributed by atoms with Gasteiger partial charge in [-0.3, -0.25) is 4.79 Å². The first kappa shape index (κ1) is 13.4. The summed E-state index contributed by atoms with van der Waals surface area (Å²) in [5.41, 5.74) is 7.01. The van der Waals surface area contributed by atoms with Gasteiger partial charge in [-0.25, -0.2) is 0 Å². The van der Waals surface area contributed by atoms with Crippen LogP contribution in [0.15, 0.2) is 28.7 Å². The maximum Gasteiger partial charge on any atom is 0.289 e. The fraction of sp³-hybridized carbons (Fsp3) is 0.357. The zero-order chi connectivity index (χ0) is 13.8. The van der Waals surface area contributed by atoms with E-state index in [2.05, 4.69) is 0 Å². The number of nitrogens with zero attached hydrogens (tertiary/aromatic N) is 1. The van der Waals surface area contributed by atoms with Gasteiger partial charge in [-0.15, -0.1) is 0 Å². The van der Waals surface area contributed by atoms with E-state index in [-0.39, 0.29) is 5.91 Å². The van der Waals surface area contributed by atoms with Crippen LogP contribution in [0.1, 0.15) is 17.5 Å². The topological polar surface area (TPSA) is 68.7 Å². The molecule has 1 heterocycles. The number of rotatable bonds is 5. The molecular formula is C14H18N2O3. The molecule has 0 aliphatic rings. The van der Waals surface area contributed by atoms with Crippen molar-refractivity contribution in [2.24, 2.45) is 0 Å². The summed E-state index contributed by atoms with van der Waals surface area (Å²) in [4.78, 5) is 13.7. The Morgan fingerprint density at radius 2 is 2.21 bits per heavy atom. The van der Waals surface area contributed by atoms with Crippen LogP contribution in [-0.2, 0) is 4.74 Å². The highest BCUT2D eigenvalue weighted by Crippen LogP contribution is 2.22. The van der Waals surface area contributed by atoms with E-state index in [0.717, 1.165) is 5.39 Å². The smallest absolute Gasteiger partial charge is 0.289 e. The highest BCUT2D eigenvalue weighted by Gasteiger charge is 2.16. The van der Waals surface area contributed by atoms with Crippen LogP contribution in [0, 0.1) is 0 Å². The number of nitrogen functional groups attached to an aromatic ring is 1. The van der Waals surface area contributed by atoms with Gasteiger partial charge in [0, 0.05) is 31.3 Å². The molecule has 1 aromatic carbocycles. The second-order valence-electron chi connectivity index (χ2n) is 4.33. The van der Waals surface area contributed by atoms with E-state index < -0.39 is 0 Å². The molecule has 2 N–H and O–H groups in total. The Morgan fingerprint density at radius 1 is 1.42 bits per heavy atom. The molecule has 5 heteroatoms. The van der Waals surface area contributed by atoms with Gasteiger partial charge in [-0.05, 0) is 31.2 Å². The summed E-state index contributed by atoms with van der Waals surface area (Å²) in [7, 11) is 1.73. The third-order valence-electron chi connectivity index (χ3n) is 2.87. The van der Waals surface area contributed by atoms with Crippen LogP contribution in [0.25, 0.3) is 11.0 Å². The molecule has 0 atom stereocenters. The summed E-state index contributed by atoms with van der Waals surface area (Å²) >= 11 is 0. The number of ether oxygens (including phenoxy) is 1. The second-order valence-corrected chi connectivity index (χ2v) is 4.33. The normalized spacial score (nSPS) is 10.8. The van der Waals surface area contributed by atoms with Gasteiger partial charge in [0.2, 0.25) is 0 Å². The fourth-order valence-electron chi connectivity index (χ4n) is 1.80. The van der Waals surface area contributed by atoms with Crippen molar-refractivity contribution < 1.29 is 13.9 Å². The molecule has 0 fully saturated rings. The van der Waals surface area contributed by atoms with Crippen molar-refractivity contribution in [1.29, 1.82) is 0 Å². The van der Waals surface area contributed by atoms with Gasteiger partial charge in [0.15, 0.2) is 5.76 Å². The monoisotopic (exact) mass is 262 g/mol. The molecule has 0 aliphatic carbocycles. The number of benzene rings is 1. The van der Waals surface area contributed by atoms with Crippen LogP contribution in [-0.4, -0.2) is 37.6 Å². The van der Waals surface area contributed by atoms with E-state index >= 15 is 0 Å². The minimum absolute atomic E-state index is 0.158. The molecule has 102 valence electrons. The number of carbonyl (C=O) groups excluding carboxylic acids is 1. The number of fused-ring (bicyclic) bond motifs is 1. The fourth-order valence-corrected chi connectivity index (χ4v) is 1.80. The molecule has 19 heavy (non-hydrogen) atoms. The molecule has 0 saturated heterocycles. The first-order chi connectivity index (χ1) is 9.11. The summed E-state index contributed by atoms with van der Waals surface area (Å²) in [6, 6.07) is 7.02. The number of amides is 1. The van der Waals surface area contributed by atoms with Crippen LogP contribution < -0.4 is 5.73 Å². The maximum atomic E-state index is 12.1. The number of furan rings is 1. The highest BCUT2D eigenvalue weighted by molar-refractivity contribution is 5.96. The van der Waals surface area contributed by atoms with Crippen LogP contribution >= 0.6 is 0 Å². The van der Waals surface area contributed by atoms with E-state index in [9.17, 15) is 4.79 Å². The number of likely N-dealkylation sites (N-methyl/N-ethyl adjacent to an activating group) is 1. The van der Waals surface area contributed by atoms with Gasteiger partial charge in [0.1, 0.15) is 5.58 Å². The highest BCUT2D eigenvalue weighted by atomic mass is 16.5. The molecular weight excluding hydrogens is 244 g/mol. The molecule has 1 aromatic heterocycles. The van der Waals surface area contributed by atoms with Gasteiger partial charge >= 0.3 is 0 Å². The molecule has 2 rings (SSSR count). The predicted molar refractivity (Wildman–Crippen MR) is 74.1 cm³/mol. The lowest BCUT2D eigenvalue weighted by atomic mass is 10.2. The van der Waals surface area contributed by atoms with Crippen molar-refractivity contribution in [3.63, 3.8) is 0 Å². The molecule has 0 unspecified atom stereocenters. The third-order valence-corrected chi connectivity index (χ3v) is 2.87. The standard InChI is InChI=1S/C14H18N2O3/c1-3-18-7-6-16(2)14(17)13-9-10-8-11(15)4-5-12(10)19-13/h4-5,8-9H,3,6-7,15H2,1-2H3. The second kappa shape index (κ2) is 5.75. The van der Waals surface area contributed by atoms with Gasteiger partial charge < -0.3 is 19.8 Å². The lowest BCUT2D eigenvalue weighted by Crippen LogP contribution is -2.29. The molecule has 0 saturated carbocycles. The first-order valence-electron chi connectivity index (χ1n) is 6.24. The van der Waals surface area contributed by atoms with E-state index in [0.29, 0.717) is 36.8 Å². The van der Waals surface area contributed by atoms with Crippen molar-refractivity contribution in [2.75, 3.05) is 32.5 Å². The van der Waals surface area contributed by atoms with E-state index in [1.807, 2.05) is 6.92 Å². The number of hydrogen-bond acceptors (Lipinski definition) is 4. The van der Waals surface area contributed by atoms with Crippen molar-refractivity contribution in [3.8, 4) is 0 Å². The molecule has 0 aliphatic heterocycles. The van der Waals surface area contributed by atoms with E-state index in [1.54, 1.807) is 36.2 Å². The van der Waals surface area contributed by atoms with Crippen LogP contribution in [0.3, 0.4) is 0 Å². The average molecular weight is 262 g/mol. The van der Waals surface area contributed by atoms with Crippen molar-refractivity contribution in [3.05, 3.63) is 30.0 Å². The molecule has 0 spiro atoms.